The van der Waals surface area contributed by atoms with Crippen molar-refractivity contribution in [3.63, 3.8) is 0 Å². The summed E-state index contributed by atoms with van der Waals surface area (Å²) in [5, 5.41) is 8.92. The molecule has 9 heteroatoms. The number of aromatic amines is 2. The van der Waals surface area contributed by atoms with Crippen LogP contribution < -0.4 is 4.90 Å². The molecule has 0 spiro atoms. The van der Waals surface area contributed by atoms with Crippen LogP contribution in [0.2, 0.25) is 0 Å². The summed E-state index contributed by atoms with van der Waals surface area (Å²) in [6, 6.07) is 10.6. The minimum Gasteiger partial charge on any atom is -0.368 e. The second-order valence-electron chi connectivity index (χ2n) is 10.3. The maximum absolute atomic E-state index is 5.04. The van der Waals surface area contributed by atoms with E-state index in [0.29, 0.717) is 0 Å². The van der Waals surface area contributed by atoms with Gasteiger partial charge in [0.1, 0.15) is 16.9 Å². The van der Waals surface area contributed by atoms with E-state index in [9.17, 15) is 0 Å². The molecular weight excluding hydrogens is 462 g/mol. The van der Waals surface area contributed by atoms with Crippen LogP contribution in [0.15, 0.2) is 48.9 Å². The summed E-state index contributed by atoms with van der Waals surface area (Å²) in [4.78, 5) is 25.0. The molecule has 0 atom stereocenters. The second kappa shape index (κ2) is 9.24. The molecule has 0 amide bonds. The first-order valence-corrected chi connectivity index (χ1v) is 13.1. The fourth-order valence-corrected chi connectivity index (χ4v) is 5.62. The van der Waals surface area contributed by atoms with Gasteiger partial charge in [0.15, 0.2) is 0 Å². The summed E-state index contributed by atoms with van der Waals surface area (Å²) in [6.07, 6.45) is 8.33. The zero-order valence-corrected chi connectivity index (χ0v) is 21.1. The maximum atomic E-state index is 5.04. The van der Waals surface area contributed by atoms with Crippen LogP contribution in [0.1, 0.15) is 18.4 Å². The summed E-state index contributed by atoms with van der Waals surface area (Å²) in [6.45, 7) is 7.43. The first kappa shape index (κ1) is 22.4. The Kier molecular flexibility index (Phi) is 5.59. The van der Waals surface area contributed by atoms with Crippen LogP contribution in [0.4, 0.5) is 5.69 Å². The number of likely N-dealkylation sites (tertiary alicyclic amines) is 1. The van der Waals surface area contributed by atoms with Crippen molar-refractivity contribution in [2.75, 3.05) is 51.2 Å². The van der Waals surface area contributed by atoms with Crippen molar-refractivity contribution < 1.29 is 0 Å². The van der Waals surface area contributed by atoms with Crippen molar-refractivity contribution in [2.24, 2.45) is 0 Å². The van der Waals surface area contributed by atoms with E-state index in [-0.39, 0.29) is 0 Å². The molecule has 37 heavy (non-hydrogen) atoms. The number of pyridine rings is 3. The second-order valence-corrected chi connectivity index (χ2v) is 10.3. The van der Waals surface area contributed by atoms with Crippen molar-refractivity contribution in [3.8, 4) is 22.6 Å². The number of fused-ring (bicyclic) bond motifs is 2. The molecule has 0 radical (unpaired) electrons. The molecule has 2 N–H and O–H groups in total. The number of rotatable bonds is 5. The molecule has 2 saturated heterocycles. The molecule has 7 rings (SSSR count). The molecule has 0 bridgehead atoms. The summed E-state index contributed by atoms with van der Waals surface area (Å²) in [5.41, 5.74) is 8.72. The highest BCUT2D eigenvalue weighted by Gasteiger charge is 2.20. The van der Waals surface area contributed by atoms with Gasteiger partial charge in [0, 0.05) is 68.0 Å². The van der Waals surface area contributed by atoms with E-state index in [1.165, 1.54) is 37.2 Å². The van der Waals surface area contributed by atoms with E-state index in [2.05, 4.69) is 71.2 Å². The molecule has 5 aromatic heterocycles. The molecule has 0 unspecified atom stereocenters. The lowest BCUT2D eigenvalue weighted by atomic mass is 10.1. The Labute approximate surface area is 215 Å². The highest BCUT2D eigenvalue weighted by Crippen LogP contribution is 2.33. The normalized spacial score (nSPS) is 17.4. The Balaban J connectivity index is 1.24. The molecule has 7 heterocycles. The van der Waals surface area contributed by atoms with Gasteiger partial charge in [-0.2, -0.15) is 5.10 Å². The Morgan fingerprint density at radius 1 is 0.946 bits per heavy atom. The lowest BCUT2D eigenvalue weighted by molar-refractivity contribution is 0.313. The lowest BCUT2D eigenvalue weighted by Gasteiger charge is -2.34. The van der Waals surface area contributed by atoms with E-state index in [0.717, 1.165) is 77.4 Å². The molecule has 2 aliphatic rings. The summed E-state index contributed by atoms with van der Waals surface area (Å²) in [7, 11) is 2.18. The van der Waals surface area contributed by atoms with Gasteiger partial charge < -0.3 is 14.8 Å². The number of piperazine rings is 1. The largest absolute Gasteiger partial charge is 0.368 e. The average Bonchev–Trinajstić information content (AvgIpc) is 3.68. The van der Waals surface area contributed by atoms with Crippen molar-refractivity contribution in [3.05, 3.63) is 54.5 Å². The molecule has 188 valence electrons. The SMILES string of the molecule is CN1CCN(c2ccnc3[nH]c(-c4n[nH]c5ccc(-c6cncc(CN7CCCC7)c6)nc45)cc23)CC1. The third-order valence-corrected chi connectivity index (χ3v) is 7.71. The number of hydrogen-bond donors (Lipinski definition) is 2. The highest BCUT2D eigenvalue weighted by atomic mass is 15.2. The fraction of sp³-hybridized carbons (Fsp3) is 0.357. The number of hydrogen-bond acceptors (Lipinski definition) is 7. The molecule has 9 nitrogen and oxygen atoms in total. The standard InChI is InChI=1S/C28H31N9/c1-35-10-12-37(13-11-35)25-6-7-30-28-21(25)15-24(32-28)27-26-23(33-34-27)5-4-22(31-26)20-14-19(16-29-17-20)18-36-8-2-3-9-36/h4-7,14-17H,2-3,8-13,18H2,1H3,(H,30,32)(H,33,34). The Hall–Kier alpha value is -3.82. The first-order valence-electron chi connectivity index (χ1n) is 13.1. The van der Waals surface area contributed by atoms with Gasteiger partial charge in [0.2, 0.25) is 0 Å². The monoisotopic (exact) mass is 493 g/mol. The van der Waals surface area contributed by atoms with Crippen LogP contribution in [0.3, 0.4) is 0 Å². The quantitative estimate of drug-likeness (QED) is 0.383. The maximum Gasteiger partial charge on any atom is 0.139 e. The fourth-order valence-electron chi connectivity index (χ4n) is 5.62. The average molecular weight is 494 g/mol. The van der Waals surface area contributed by atoms with E-state index in [4.69, 9.17) is 4.98 Å². The predicted octanol–water partition coefficient (Wildman–Crippen LogP) is 3.91. The lowest BCUT2D eigenvalue weighted by Crippen LogP contribution is -2.44. The van der Waals surface area contributed by atoms with Gasteiger partial charge in [-0.25, -0.2) is 9.97 Å². The van der Waals surface area contributed by atoms with Crippen LogP contribution in [0.5, 0.6) is 0 Å². The molecule has 0 aromatic carbocycles. The minimum absolute atomic E-state index is 0.806. The van der Waals surface area contributed by atoms with Gasteiger partial charge in [0.25, 0.3) is 0 Å². The number of nitrogens with one attached hydrogen (secondary N) is 2. The minimum atomic E-state index is 0.806. The van der Waals surface area contributed by atoms with E-state index < -0.39 is 0 Å². The van der Waals surface area contributed by atoms with Crippen LogP contribution in [0.25, 0.3) is 44.7 Å². The summed E-state index contributed by atoms with van der Waals surface area (Å²) >= 11 is 0. The molecular formula is C28H31N9. The predicted molar refractivity (Wildman–Crippen MR) is 146 cm³/mol. The zero-order valence-electron chi connectivity index (χ0n) is 21.1. The van der Waals surface area contributed by atoms with Crippen molar-refractivity contribution in [2.45, 2.75) is 19.4 Å². The van der Waals surface area contributed by atoms with Crippen LogP contribution in [-0.4, -0.2) is 86.2 Å². The van der Waals surface area contributed by atoms with Crippen LogP contribution in [-0.2, 0) is 6.54 Å². The van der Waals surface area contributed by atoms with E-state index in [1.807, 2.05) is 24.7 Å². The summed E-state index contributed by atoms with van der Waals surface area (Å²) in [5.74, 6) is 0. The van der Waals surface area contributed by atoms with Crippen LogP contribution >= 0.6 is 0 Å². The molecule has 2 aliphatic heterocycles. The first-order chi connectivity index (χ1) is 18.2. The van der Waals surface area contributed by atoms with Crippen molar-refractivity contribution >= 4 is 27.8 Å². The Morgan fingerprint density at radius 2 is 1.81 bits per heavy atom. The topological polar surface area (TPSA) is 92.9 Å². The number of H-pyrrole nitrogens is 2. The molecule has 5 aromatic rings. The third kappa shape index (κ3) is 4.24. The van der Waals surface area contributed by atoms with E-state index >= 15 is 0 Å². The molecule has 0 saturated carbocycles. The highest BCUT2D eigenvalue weighted by molar-refractivity contribution is 5.97. The van der Waals surface area contributed by atoms with Gasteiger partial charge in [0.05, 0.1) is 16.9 Å². The molecule has 0 aliphatic carbocycles. The van der Waals surface area contributed by atoms with Gasteiger partial charge in [-0.1, -0.05) is 0 Å². The summed E-state index contributed by atoms with van der Waals surface area (Å²) < 4.78 is 0. The smallest absolute Gasteiger partial charge is 0.139 e. The number of nitrogens with zero attached hydrogens (tertiary/aromatic N) is 7. The molecule has 2 fully saturated rings. The number of anilines is 1. The Bertz CT molecular complexity index is 1550. The van der Waals surface area contributed by atoms with Crippen molar-refractivity contribution in [1.29, 1.82) is 0 Å². The van der Waals surface area contributed by atoms with Gasteiger partial charge in [-0.3, -0.25) is 15.0 Å². The van der Waals surface area contributed by atoms with Crippen molar-refractivity contribution in [1.82, 2.24) is 39.9 Å². The third-order valence-electron chi connectivity index (χ3n) is 7.71. The zero-order chi connectivity index (χ0) is 24.8. The number of aromatic nitrogens is 6. The van der Waals surface area contributed by atoms with Crippen LogP contribution in [0, 0.1) is 0 Å². The van der Waals surface area contributed by atoms with Gasteiger partial charge in [-0.05, 0) is 68.9 Å². The Morgan fingerprint density at radius 3 is 2.68 bits per heavy atom. The number of likely N-dealkylation sites (N-methyl/N-ethyl adjacent to an activating group) is 1. The van der Waals surface area contributed by atoms with E-state index in [1.54, 1.807) is 0 Å². The van der Waals surface area contributed by atoms with Gasteiger partial charge in [-0.15, -0.1) is 0 Å². The van der Waals surface area contributed by atoms with Gasteiger partial charge >= 0.3 is 0 Å².